The summed E-state index contributed by atoms with van der Waals surface area (Å²) in [6.07, 6.45) is 0. The fourth-order valence-corrected chi connectivity index (χ4v) is 11.7. The molecule has 0 aliphatic heterocycles. The van der Waals surface area contributed by atoms with Gasteiger partial charge in [0.25, 0.3) is 0 Å². The number of para-hydroxylation sites is 4. The first-order valence-corrected chi connectivity index (χ1v) is 24.0. The van der Waals surface area contributed by atoms with Gasteiger partial charge >= 0.3 is 0 Å². The van der Waals surface area contributed by atoms with Crippen LogP contribution in [0.3, 0.4) is 0 Å². The van der Waals surface area contributed by atoms with E-state index >= 15 is 0 Å². The molecule has 14 rings (SSSR count). The van der Waals surface area contributed by atoms with E-state index in [0.717, 1.165) is 66.9 Å². The van der Waals surface area contributed by atoms with Crippen LogP contribution >= 0.6 is 11.3 Å². The van der Waals surface area contributed by atoms with Crippen LogP contribution in [-0.2, 0) is 0 Å². The molecule has 0 fully saturated rings. The SMILES string of the molecule is c1cc(-c2ccc3ccccc3c2)cc(N(c2cc(-c3ccc(-n4c5ccccc5c5ccccc54)cc3)c3oc4ccccc4c3c2)c2ccccc2-c2ccc3sc4ccccc4c3c2)c1. The molecular formula is C64H40N2OS. The van der Waals surface area contributed by atoms with Gasteiger partial charge in [-0.3, -0.25) is 0 Å². The molecule has 0 radical (unpaired) electrons. The van der Waals surface area contributed by atoms with Gasteiger partial charge in [0.15, 0.2) is 0 Å². The summed E-state index contributed by atoms with van der Waals surface area (Å²) >= 11 is 1.85. The second kappa shape index (κ2) is 15.5. The molecule has 3 nitrogen and oxygen atoms in total. The third kappa shape index (κ3) is 6.19. The quantitative estimate of drug-likeness (QED) is 0.159. The molecule has 0 amide bonds. The third-order valence-electron chi connectivity index (χ3n) is 13.8. The molecule has 68 heavy (non-hydrogen) atoms. The third-order valence-corrected chi connectivity index (χ3v) is 14.9. The van der Waals surface area contributed by atoms with Gasteiger partial charge in [-0.1, -0.05) is 158 Å². The Morgan fingerprint density at radius 2 is 1.00 bits per heavy atom. The molecular weight excluding hydrogens is 845 g/mol. The van der Waals surface area contributed by atoms with Gasteiger partial charge in [-0.15, -0.1) is 11.3 Å². The maximum Gasteiger partial charge on any atom is 0.143 e. The Kier molecular flexibility index (Phi) is 8.76. The van der Waals surface area contributed by atoms with Gasteiger partial charge < -0.3 is 13.9 Å². The van der Waals surface area contributed by atoms with Crippen molar-refractivity contribution in [3.05, 3.63) is 243 Å². The Morgan fingerprint density at radius 1 is 0.353 bits per heavy atom. The van der Waals surface area contributed by atoms with E-state index in [1.165, 1.54) is 63.9 Å². The van der Waals surface area contributed by atoms with Crippen molar-refractivity contribution < 1.29 is 4.42 Å². The average Bonchev–Trinajstić information content (AvgIpc) is 4.08. The fraction of sp³-hybridized carbons (Fsp3) is 0. The highest BCUT2D eigenvalue weighted by Gasteiger charge is 2.23. The summed E-state index contributed by atoms with van der Waals surface area (Å²) in [6, 6.07) is 88.4. The van der Waals surface area contributed by atoms with Crippen LogP contribution in [0.2, 0.25) is 0 Å². The van der Waals surface area contributed by atoms with Crippen molar-refractivity contribution in [1.29, 1.82) is 0 Å². The first-order valence-electron chi connectivity index (χ1n) is 23.1. The first kappa shape index (κ1) is 38.6. The molecule has 0 aliphatic rings. The van der Waals surface area contributed by atoms with Crippen molar-refractivity contribution in [3.63, 3.8) is 0 Å². The van der Waals surface area contributed by atoms with E-state index < -0.39 is 0 Å². The molecule has 11 aromatic carbocycles. The van der Waals surface area contributed by atoms with Crippen LogP contribution in [-0.4, -0.2) is 4.57 Å². The number of hydrogen-bond acceptors (Lipinski definition) is 3. The predicted molar refractivity (Wildman–Crippen MR) is 289 cm³/mol. The van der Waals surface area contributed by atoms with Crippen LogP contribution in [0.1, 0.15) is 0 Å². The van der Waals surface area contributed by atoms with Crippen LogP contribution in [0.4, 0.5) is 17.1 Å². The van der Waals surface area contributed by atoms with Gasteiger partial charge in [-0.2, -0.15) is 0 Å². The van der Waals surface area contributed by atoms with Crippen LogP contribution in [0.25, 0.3) is 114 Å². The lowest BCUT2D eigenvalue weighted by Gasteiger charge is -2.29. The Balaban J connectivity index is 0.993. The Hall–Kier alpha value is -8.70. The second-order valence-electron chi connectivity index (χ2n) is 17.7. The molecule has 3 heterocycles. The number of fused-ring (bicyclic) bond motifs is 10. The summed E-state index contributed by atoms with van der Waals surface area (Å²) in [5.74, 6) is 0. The zero-order chi connectivity index (χ0) is 44.7. The lowest BCUT2D eigenvalue weighted by molar-refractivity contribution is 0.670. The topological polar surface area (TPSA) is 21.3 Å². The summed E-state index contributed by atoms with van der Waals surface area (Å²) < 4.78 is 11.8. The Bertz CT molecular complexity index is 4230. The molecule has 4 heteroatoms. The highest BCUT2D eigenvalue weighted by molar-refractivity contribution is 7.25. The second-order valence-corrected chi connectivity index (χ2v) is 18.7. The summed E-state index contributed by atoms with van der Waals surface area (Å²) in [6.45, 7) is 0. The minimum absolute atomic E-state index is 0.865. The zero-order valence-electron chi connectivity index (χ0n) is 36.8. The molecule has 14 aromatic rings. The number of rotatable bonds is 7. The number of furan rings is 1. The van der Waals surface area contributed by atoms with Crippen molar-refractivity contribution in [1.82, 2.24) is 4.57 Å². The van der Waals surface area contributed by atoms with Gasteiger partial charge in [-0.05, 0) is 118 Å². The van der Waals surface area contributed by atoms with Crippen molar-refractivity contribution in [2.45, 2.75) is 0 Å². The monoisotopic (exact) mass is 884 g/mol. The lowest BCUT2D eigenvalue weighted by Crippen LogP contribution is -2.11. The van der Waals surface area contributed by atoms with Crippen LogP contribution in [0.15, 0.2) is 247 Å². The summed E-state index contributed by atoms with van der Waals surface area (Å²) in [5.41, 5.74) is 15.2. The lowest BCUT2D eigenvalue weighted by atomic mass is 9.97. The standard InChI is InChI=1S/C64H40N2OS/c1-2-15-43-36-45(29-28-41(43)14-1)44-16-13-17-48(37-44)65(58-23-8-3-18-50(58)46-32-35-63-56(38-46)54-22-7-12-27-62(54)68-63)49-39-55(64-57(40-49)53-21-6-11-26-61(53)67-64)42-30-33-47(34-31-42)66-59-24-9-4-19-51(59)52-20-5-10-25-60(52)66/h1-40H. The number of benzene rings is 11. The number of anilines is 3. The van der Waals surface area contributed by atoms with Crippen LogP contribution < -0.4 is 4.90 Å². The van der Waals surface area contributed by atoms with Crippen molar-refractivity contribution in [2.75, 3.05) is 4.90 Å². The Labute approximate surface area is 396 Å². The predicted octanol–water partition coefficient (Wildman–Crippen LogP) is 18.7. The molecule has 0 unspecified atom stereocenters. The van der Waals surface area contributed by atoms with Crippen molar-refractivity contribution in [2.24, 2.45) is 0 Å². The molecule has 0 atom stereocenters. The minimum atomic E-state index is 0.865. The van der Waals surface area contributed by atoms with Gasteiger partial charge in [0.2, 0.25) is 0 Å². The van der Waals surface area contributed by atoms with E-state index in [0.29, 0.717) is 0 Å². The van der Waals surface area contributed by atoms with Crippen molar-refractivity contribution in [3.8, 4) is 39.1 Å². The van der Waals surface area contributed by atoms with E-state index in [1.54, 1.807) is 0 Å². The average molecular weight is 885 g/mol. The van der Waals surface area contributed by atoms with Gasteiger partial charge in [0, 0.05) is 69.9 Å². The molecule has 0 spiro atoms. The van der Waals surface area contributed by atoms with E-state index in [4.69, 9.17) is 4.42 Å². The fourth-order valence-electron chi connectivity index (χ4n) is 10.6. The summed E-state index contributed by atoms with van der Waals surface area (Å²) in [7, 11) is 0. The molecule has 318 valence electrons. The Morgan fingerprint density at radius 3 is 1.84 bits per heavy atom. The van der Waals surface area contributed by atoms with Crippen molar-refractivity contribution >= 4 is 103 Å². The van der Waals surface area contributed by atoms with Crippen LogP contribution in [0.5, 0.6) is 0 Å². The van der Waals surface area contributed by atoms with Gasteiger partial charge in [0.05, 0.1) is 16.7 Å². The molecule has 0 N–H and O–H groups in total. The van der Waals surface area contributed by atoms with E-state index in [9.17, 15) is 0 Å². The van der Waals surface area contributed by atoms with Gasteiger partial charge in [0.1, 0.15) is 11.2 Å². The normalized spacial score (nSPS) is 11.8. The minimum Gasteiger partial charge on any atom is -0.455 e. The van der Waals surface area contributed by atoms with Gasteiger partial charge in [-0.25, -0.2) is 0 Å². The molecule has 0 aliphatic carbocycles. The highest BCUT2D eigenvalue weighted by Crippen LogP contribution is 2.48. The number of thiophene rings is 1. The first-order chi connectivity index (χ1) is 33.7. The smallest absolute Gasteiger partial charge is 0.143 e. The van der Waals surface area contributed by atoms with E-state index in [1.807, 2.05) is 11.3 Å². The van der Waals surface area contributed by atoms with E-state index in [2.05, 4.69) is 252 Å². The van der Waals surface area contributed by atoms with E-state index in [-0.39, 0.29) is 0 Å². The number of nitrogens with zero attached hydrogens (tertiary/aromatic N) is 2. The number of hydrogen-bond donors (Lipinski definition) is 0. The maximum atomic E-state index is 6.85. The molecule has 3 aromatic heterocycles. The zero-order valence-corrected chi connectivity index (χ0v) is 37.6. The largest absolute Gasteiger partial charge is 0.455 e. The molecule has 0 saturated heterocycles. The highest BCUT2D eigenvalue weighted by atomic mass is 32.1. The molecule has 0 saturated carbocycles. The maximum absolute atomic E-state index is 6.85. The molecule has 0 bridgehead atoms. The summed E-state index contributed by atoms with van der Waals surface area (Å²) in [4.78, 5) is 2.45. The number of aromatic nitrogens is 1. The summed E-state index contributed by atoms with van der Waals surface area (Å²) in [5, 5.41) is 9.67. The van der Waals surface area contributed by atoms with Crippen LogP contribution in [0, 0.1) is 0 Å².